The van der Waals surface area contributed by atoms with E-state index in [0.717, 1.165) is 12.0 Å². The van der Waals surface area contributed by atoms with E-state index in [9.17, 15) is 13.2 Å². The number of carbonyl (C=O) groups is 1. The zero-order valence-corrected chi connectivity index (χ0v) is 13.0. The third kappa shape index (κ3) is 2.58. The van der Waals surface area contributed by atoms with E-state index < -0.39 is 10.0 Å². The summed E-state index contributed by atoms with van der Waals surface area (Å²) in [7, 11) is -3.14. The van der Waals surface area contributed by atoms with Crippen molar-refractivity contribution in [3.63, 3.8) is 0 Å². The summed E-state index contributed by atoms with van der Waals surface area (Å²) in [6, 6.07) is 8.03. The normalized spacial score (nSPS) is 22.5. The van der Waals surface area contributed by atoms with Gasteiger partial charge in [0.25, 0.3) is 0 Å². The standard InChI is InChI=1S/C15H20N2O3S/c1-2-21(19,20)17-9-7-16(8-10-17)15(18)14-11-12-5-3-4-6-13(12)14/h3-6,14H,2,7-11H2,1H3. The SMILES string of the molecule is CCS(=O)(=O)N1CCN(C(=O)C2Cc3ccccc32)CC1. The molecular formula is C15H20N2O3S. The quantitative estimate of drug-likeness (QED) is 0.831. The summed E-state index contributed by atoms with van der Waals surface area (Å²) in [5.41, 5.74) is 2.38. The van der Waals surface area contributed by atoms with Gasteiger partial charge in [0.2, 0.25) is 15.9 Å². The molecule has 0 bridgehead atoms. The Balaban J connectivity index is 1.62. The van der Waals surface area contributed by atoms with Crippen LogP contribution in [0.2, 0.25) is 0 Å². The fourth-order valence-corrected chi connectivity index (χ4v) is 4.15. The molecule has 1 atom stereocenters. The van der Waals surface area contributed by atoms with E-state index in [2.05, 4.69) is 6.07 Å². The van der Waals surface area contributed by atoms with Gasteiger partial charge in [-0.3, -0.25) is 4.79 Å². The highest BCUT2D eigenvalue weighted by Gasteiger charge is 2.36. The first-order valence-electron chi connectivity index (χ1n) is 7.37. The predicted octanol–water partition coefficient (Wildman–Crippen LogP) is 0.820. The van der Waals surface area contributed by atoms with Crippen molar-refractivity contribution in [1.29, 1.82) is 0 Å². The molecule has 3 rings (SSSR count). The van der Waals surface area contributed by atoms with Gasteiger partial charge < -0.3 is 4.90 Å². The summed E-state index contributed by atoms with van der Waals surface area (Å²) in [6.45, 7) is 3.47. The minimum absolute atomic E-state index is 0.0319. The summed E-state index contributed by atoms with van der Waals surface area (Å²) in [5.74, 6) is 0.231. The molecule has 114 valence electrons. The van der Waals surface area contributed by atoms with E-state index in [1.54, 1.807) is 6.92 Å². The van der Waals surface area contributed by atoms with Gasteiger partial charge in [-0.1, -0.05) is 24.3 Å². The maximum absolute atomic E-state index is 12.5. The average molecular weight is 308 g/mol. The molecule has 1 amide bonds. The fourth-order valence-electron chi connectivity index (χ4n) is 3.07. The van der Waals surface area contributed by atoms with Crippen LogP contribution in [0.3, 0.4) is 0 Å². The molecule has 0 spiro atoms. The molecule has 21 heavy (non-hydrogen) atoms. The zero-order valence-electron chi connectivity index (χ0n) is 12.2. The van der Waals surface area contributed by atoms with E-state index in [1.165, 1.54) is 9.87 Å². The minimum atomic E-state index is -3.14. The second kappa shape index (κ2) is 5.42. The predicted molar refractivity (Wildman–Crippen MR) is 80.5 cm³/mol. The summed E-state index contributed by atoms with van der Waals surface area (Å²) in [4.78, 5) is 14.3. The number of amides is 1. The molecule has 1 aliphatic carbocycles. The molecule has 6 heteroatoms. The Morgan fingerprint density at radius 2 is 1.86 bits per heavy atom. The highest BCUT2D eigenvalue weighted by Crippen LogP contribution is 2.36. The topological polar surface area (TPSA) is 57.7 Å². The van der Waals surface area contributed by atoms with Crippen molar-refractivity contribution in [3.05, 3.63) is 35.4 Å². The number of carbonyl (C=O) groups excluding carboxylic acids is 1. The monoisotopic (exact) mass is 308 g/mol. The lowest BCUT2D eigenvalue weighted by Gasteiger charge is -2.38. The van der Waals surface area contributed by atoms with Crippen LogP contribution < -0.4 is 0 Å². The van der Waals surface area contributed by atoms with Crippen LogP contribution in [-0.4, -0.2) is 55.5 Å². The van der Waals surface area contributed by atoms with E-state index >= 15 is 0 Å². The molecule has 0 N–H and O–H groups in total. The molecule has 1 saturated heterocycles. The molecule has 1 aliphatic heterocycles. The molecule has 1 unspecified atom stereocenters. The van der Waals surface area contributed by atoms with Gasteiger partial charge in [0.1, 0.15) is 0 Å². The van der Waals surface area contributed by atoms with Gasteiger partial charge >= 0.3 is 0 Å². The van der Waals surface area contributed by atoms with Crippen LogP contribution in [0.5, 0.6) is 0 Å². The first-order chi connectivity index (χ1) is 10.0. The Kier molecular flexibility index (Phi) is 3.75. The first kappa shape index (κ1) is 14.5. The van der Waals surface area contributed by atoms with Crippen LogP contribution >= 0.6 is 0 Å². The van der Waals surface area contributed by atoms with Crippen LogP contribution in [0, 0.1) is 0 Å². The summed E-state index contributed by atoms with van der Waals surface area (Å²) < 4.78 is 25.1. The number of sulfonamides is 1. The van der Waals surface area contributed by atoms with Crippen molar-refractivity contribution in [1.82, 2.24) is 9.21 Å². The Bertz CT molecular complexity index is 649. The lowest BCUT2D eigenvalue weighted by molar-refractivity contribution is -0.134. The minimum Gasteiger partial charge on any atom is -0.340 e. The molecule has 1 fully saturated rings. The van der Waals surface area contributed by atoms with Gasteiger partial charge in [-0.2, -0.15) is 4.31 Å². The van der Waals surface area contributed by atoms with Crippen molar-refractivity contribution in [2.45, 2.75) is 19.3 Å². The summed E-state index contributed by atoms with van der Waals surface area (Å²) >= 11 is 0. The molecule has 0 radical (unpaired) electrons. The van der Waals surface area contributed by atoms with Crippen LogP contribution in [0.25, 0.3) is 0 Å². The third-order valence-corrected chi connectivity index (χ3v) is 6.34. The number of hydrogen-bond donors (Lipinski definition) is 0. The number of piperazine rings is 1. The van der Waals surface area contributed by atoms with Crippen LogP contribution in [-0.2, 0) is 21.2 Å². The molecule has 0 aromatic heterocycles. The fraction of sp³-hybridized carbons (Fsp3) is 0.533. The molecule has 5 nitrogen and oxygen atoms in total. The van der Waals surface area contributed by atoms with Gasteiger partial charge in [0, 0.05) is 26.2 Å². The molecule has 1 aromatic rings. The molecule has 2 aliphatic rings. The lowest BCUT2D eigenvalue weighted by atomic mass is 9.77. The number of benzene rings is 1. The Morgan fingerprint density at radius 1 is 1.19 bits per heavy atom. The van der Waals surface area contributed by atoms with E-state index in [0.29, 0.717) is 26.2 Å². The van der Waals surface area contributed by atoms with Gasteiger partial charge in [0.15, 0.2) is 0 Å². The zero-order chi connectivity index (χ0) is 15.0. The smallest absolute Gasteiger partial charge is 0.230 e. The highest BCUT2D eigenvalue weighted by atomic mass is 32.2. The van der Waals surface area contributed by atoms with Crippen molar-refractivity contribution in [3.8, 4) is 0 Å². The maximum atomic E-state index is 12.5. The molecule has 1 aromatic carbocycles. The number of nitrogens with zero attached hydrogens (tertiary/aromatic N) is 2. The van der Waals surface area contributed by atoms with Gasteiger partial charge in [-0.15, -0.1) is 0 Å². The lowest BCUT2D eigenvalue weighted by Crippen LogP contribution is -2.52. The molecule has 0 saturated carbocycles. The second-order valence-corrected chi connectivity index (χ2v) is 7.84. The Labute approximate surface area is 125 Å². The third-order valence-electron chi connectivity index (χ3n) is 4.46. The van der Waals surface area contributed by atoms with Crippen LogP contribution in [0.15, 0.2) is 24.3 Å². The maximum Gasteiger partial charge on any atom is 0.230 e. The second-order valence-electron chi connectivity index (χ2n) is 5.58. The van der Waals surface area contributed by atoms with Crippen molar-refractivity contribution in [2.75, 3.05) is 31.9 Å². The Morgan fingerprint density at radius 3 is 2.48 bits per heavy atom. The van der Waals surface area contributed by atoms with Crippen LogP contribution in [0.1, 0.15) is 24.0 Å². The first-order valence-corrected chi connectivity index (χ1v) is 8.98. The van der Waals surface area contributed by atoms with Gasteiger partial charge in [0.05, 0.1) is 11.7 Å². The Hall–Kier alpha value is -1.40. The van der Waals surface area contributed by atoms with Gasteiger partial charge in [-0.05, 0) is 24.5 Å². The molecular weight excluding hydrogens is 288 g/mol. The average Bonchev–Trinajstić information content (AvgIpc) is 2.48. The van der Waals surface area contributed by atoms with Crippen molar-refractivity contribution >= 4 is 15.9 Å². The van der Waals surface area contributed by atoms with Crippen molar-refractivity contribution < 1.29 is 13.2 Å². The number of fused-ring (bicyclic) bond motifs is 1. The highest BCUT2D eigenvalue weighted by molar-refractivity contribution is 7.89. The van der Waals surface area contributed by atoms with E-state index in [-0.39, 0.29) is 17.6 Å². The summed E-state index contributed by atoms with van der Waals surface area (Å²) in [5, 5.41) is 0. The van der Waals surface area contributed by atoms with Crippen LogP contribution in [0.4, 0.5) is 0 Å². The van der Waals surface area contributed by atoms with Gasteiger partial charge in [-0.25, -0.2) is 8.42 Å². The van der Waals surface area contributed by atoms with Crippen molar-refractivity contribution in [2.24, 2.45) is 0 Å². The largest absolute Gasteiger partial charge is 0.340 e. The molecule has 1 heterocycles. The number of hydrogen-bond acceptors (Lipinski definition) is 3. The number of rotatable bonds is 3. The van der Waals surface area contributed by atoms with E-state index in [1.807, 2.05) is 23.1 Å². The summed E-state index contributed by atoms with van der Waals surface area (Å²) in [6.07, 6.45) is 0.808. The van der Waals surface area contributed by atoms with E-state index in [4.69, 9.17) is 0 Å².